The highest BCUT2D eigenvalue weighted by atomic mass is 35.5. The van der Waals surface area contributed by atoms with Crippen molar-refractivity contribution in [1.29, 1.82) is 0 Å². The lowest BCUT2D eigenvalue weighted by Gasteiger charge is -2.35. The Morgan fingerprint density at radius 2 is 1.47 bits per heavy atom. The van der Waals surface area contributed by atoms with Crippen molar-refractivity contribution in [1.82, 2.24) is 14.9 Å². The monoisotopic (exact) mass is 421 g/mol. The highest BCUT2D eigenvalue weighted by Crippen LogP contribution is 2.29. The summed E-state index contributed by atoms with van der Waals surface area (Å²) in [5.41, 5.74) is 2.36. The molecule has 0 bridgehead atoms. The van der Waals surface area contributed by atoms with Crippen LogP contribution in [0.3, 0.4) is 0 Å². The van der Waals surface area contributed by atoms with Gasteiger partial charge in [0.1, 0.15) is 5.82 Å². The van der Waals surface area contributed by atoms with Crippen molar-refractivity contribution in [2.45, 2.75) is 25.8 Å². The standard InChI is InChI=1S/C24H28ClN5/c25-20-10-8-19(9-11-20)18-28-14-16-30(17-15-28)24-26-22-7-3-2-6-21(22)23(27-24)29-12-4-1-5-13-29/h2-3,6-11H,1,4-5,12-18H2. The summed E-state index contributed by atoms with van der Waals surface area (Å²) in [7, 11) is 0. The molecule has 2 aliphatic rings. The molecule has 0 N–H and O–H groups in total. The Hall–Kier alpha value is -2.37. The lowest BCUT2D eigenvalue weighted by Crippen LogP contribution is -2.46. The third-order valence-electron chi connectivity index (χ3n) is 6.20. The third-order valence-corrected chi connectivity index (χ3v) is 6.45. The third kappa shape index (κ3) is 4.23. The van der Waals surface area contributed by atoms with E-state index in [1.165, 1.54) is 30.2 Å². The second-order valence-corrected chi connectivity index (χ2v) is 8.74. The molecule has 0 atom stereocenters. The molecule has 0 radical (unpaired) electrons. The summed E-state index contributed by atoms with van der Waals surface area (Å²) < 4.78 is 0. The molecule has 6 heteroatoms. The van der Waals surface area contributed by atoms with Gasteiger partial charge in [-0.3, -0.25) is 4.90 Å². The predicted molar refractivity (Wildman–Crippen MR) is 125 cm³/mol. The largest absolute Gasteiger partial charge is 0.356 e. The number of fused-ring (bicyclic) bond motifs is 1. The van der Waals surface area contributed by atoms with Gasteiger partial charge < -0.3 is 9.80 Å². The van der Waals surface area contributed by atoms with Crippen LogP contribution in [0.5, 0.6) is 0 Å². The van der Waals surface area contributed by atoms with Gasteiger partial charge in [-0.2, -0.15) is 4.98 Å². The van der Waals surface area contributed by atoms with Crippen LogP contribution in [0.1, 0.15) is 24.8 Å². The van der Waals surface area contributed by atoms with Crippen molar-refractivity contribution >= 4 is 34.3 Å². The van der Waals surface area contributed by atoms with E-state index < -0.39 is 0 Å². The fourth-order valence-electron chi connectivity index (χ4n) is 4.49. The van der Waals surface area contributed by atoms with Gasteiger partial charge in [-0.15, -0.1) is 0 Å². The number of piperazine rings is 1. The molecule has 0 aliphatic carbocycles. The van der Waals surface area contributed by atoms with Crippen molar-refractivity contribution in [3.05, 3.63) is 59.1 Å². The van der Waals surface area contributed by atoms with Crippen LogP contribution in [-0.4, -0.2) is 54.1 Å². The molecule has 5 rings (SSSR count). The van der Waals surface area contributed by atoms with Crippen LogP contribution in [0.15, 0.2) is 48.5 Å². The van der Waals surface area contributed by atoms with E-state index in [1.807, 2.05) is 12.1 Å². The number of hydrogen-bond donors (Lipinski definition) is 0. The van der Waals surface area contributed by atoms with Gasteiger partial charge in [-0.05, 0) is 49.1 Å². The number of nitrogens with zero attached hydrogens (tertiary/aromatic N) is 5. The molecule has 0 amide bonds. The lowest BCUT2D eigenvalue weighted by molar-refractivity contribution is 0.249. The molecule has 156 valence electrons. The zero-order valence-corrected chi connectivity index (χ0v) is 18.1. The van der Waals surface area contributed by atoms with Crippen molar-refractivity contribution < 1.29 is 0 Å². The Bertz CT molecular complexity index is 992. The molecule has 30 heavy (non-hydrogen) atoms. The summed E-state index contributed by atoms with van der Waals surface area (Å²) in [5.74, 6) is 1.99. The number of para-hydroxylation sites is 1. The van der Waals surface area contributed by atoms with E-state index in [4.69, 9.17) is 21.6 Å². The number of hydrogen-bond acceptors (Lipinski definition) is 5. The van der Waals surface area contributed by atoms with Crippen LogP contribution < -0.4 is 9.80 Å². The van der Waals surface area contributed by atoms with Crippen molar-refractivity contribution in [2.75, 3.05) is 49.1 Å². The smallest absolute Gasteiger partial charge is 0.227 e. The zero-order chi connectivity index (χ0) is 20.3. The second kappa shape index (κ2) is 8.78. The first-order valence-electron chi connectivity index (χ1n) is 11.0. The van der Waals surface area contributed by atoms with Gasteiger partial charge in [0.2, 0.25) is 5.95 Å². The number of anilines is 2. The number of aromatic nitrogens is 2. The highest BCUT2D eigenvalue weighted by molar-refractivity contribution is 6.30. The first-order valence-corrected chi connectivity index (χ1v) is 11.4. The van der Waals surface area contributed by atoms with Crippen LogP contribution in [0.4, 0.5) is 11.8 Å². The van der Waals surface area contributed by atoms with Gasteiger partial charge in [0.05, 0.1) is 5.52 Å². The van der Waals surface area contributed by atoms with Crippen LogP contribution in [0.2, 0.25) is 5.02 Å². The fraction of sp³-hybridized carbons (Fsp3) is 0.417. The lowest BCUT2D eigenvalue weighted by atomic mass is 10.1. The summed E-state index contributed by atoms with van der Waals surface area (Å²) in [6.07, 6.45) is 3.82. The molecule has 3 aromatic rings. The Morgan fingerprint density at radius 3 is 2.23 bits per heavy atom. The van der Waals surface area contributed by atoms with Gasteiger partial charge in [-0.25, -0.2) is 4.98 Å². The van der Waals surface area contributed by atoms with Crippen molar-refractivity contribution in [3.63, 3.8) is 0 Å². The van der Waals surface area contributed by atoms with Crippen LogP contribution in [0, 0.1) is 0 Å². The summed E-state index contributed by atoms with van der Waals surface area (Å²) in [5, 5.41) is 1.96. The van der Waals surface area contributed by atoms with E-state index in [2.05, 4.69) is 51.1 Å². The predicted octanol–water partition coefficient (Wildman–Crippen LogP) is 4.60. The maximum absolute atomic E-state index is 6.01. The van der Waals surface area contributed by atoms with E-state index in [0.29, 0.717) is 0 Å². The number of rotatable bonds is 4. The minimum Gasteiger partial charge on any atom is -0.356 e. The van der Waals surface area contributed by atoms with E-state index in [0.717, 1.165) is 68.1 Å². The number of benzene rings is 2. The van der Waals surface area contributed by atoms with Gasteiger partial charge in [0, 0.05) is 56.2 Å². The van der Waals surface area contributed by atoms with Gasteiger partial charge >= 0.3 is 0 Å². The van der Waals surface area contributed by atoms with Crippen LogP contribution in [0.25, 0.3) is 10.9 Å². The molecular formula is C24H28ClN5. The first kappa shape index (κ1) is 19.6. The molecule has 0 saturated carbocycles. The van der Waals surface area contributed by atoms with Gasteiger partial charge in [0.25, 0.3) is 0 Å². The number of piperidine rings is 1. The Morgan fingerprint density at radius 1 is 0.733 bits per heavy atom. The molecule has 2 fully saturated rings. The summed E-state index contributed by atoms with van der Waals surface area (Å²) in [4.78, 5) is 17.3. The molecule has 2 aliphatic heterocycles. The summed E-state index contributed by atoms with van der Waals surface area (Å²) in [6, 6.07) is 16.6. The van der Waals surface area contributed by atoms with E-state index in [1.54, 1.807) is 0 Å². The quantitative estimate of drug-likeness (QED) is 0.615. The molecule has 2 saturated heterocycles. The first-order chi connectivity index (χ1) is 14.8. The normalized spacial score (nSPS) is 18.2. The average Bonchev–Trinajstić information content (AvgIpc) is 2.81. The topological polar surface area (TPSA) is 35.5 Å². The van der Waals surface area contributed by atoms with E-state index in [9.17, 15) is 0 Å². The highest BCUT2D eigenvalue weighted by Gasteiger charge is 2.22. The molecule has 0 spiro atoms. The van der Waals surface area contributed by atoms with E-state index >= 15 is 0 Å². The minimum atomic E-state index is 0.793. The Balaban J connectivity index is 1.33. The van der Waals surface area contributed by atoms with Gasteiger partial charge in [0.15, 0.2) is 0 Å². The maximum Gasteiger partial charge on any atom is 0.227 e. The number of halogens is 1. The SMILES string of the molecule is Clc1ccc(CN2CCN(c3nc(N4CCCCC4)c4ccccc4n3)CC2)cc1. The molecule has 3 heterocycles. The minimum absolute atomic E-state index is 0.793. The maximum atomic E-state index is 6.01. The Kier molecular flexibility index (Phi) is 5.73. The Labute approximate surface area is 183 Å². The van der Waals surface area contributed by atoms with Gasteiger partial charge in [-0.1, -0.05) is 35.9 Å². The second-order valence-electron chi connectivity index (χ2n) is 8.30. The summed E-state index contributed by atoms with van der Waals surface area (Å²) >= 11 is 6.01. The molecule has 5 nitrogen and oxygen atoms in total. The van der Waals surface area contributed by atoms with Crippen molar-refractivity contribution in [3.8, 4) is 0 Å². The molecule has 2 aromatic carbocycles. The molecular weight excluding hydrogens is 394 g/mol. The van der Waals surface area contributed by atoms with Crippen molar-refractivity contribution in [2.24, 2.45) is 0 Å². The zero-order valence-electron chi connectivity index (χ0n) is 17.3. The van der Waals surface area contributed by atoms with Crippen LogP contribution >= 0.6 is 11.6 Å². The van der Waals surface area contributed by atoms with Crippen LogP contribution in [-0.2, 0) is 6.54 Å². The fourth-order valence-corrected chi connectivity index (χ4v) is 4.62. The molecule has 0 unspecified atom stereocenters. The average molecular weight is 422 g/mol. The molecule has 1 aromatic heterocycles. The summed E-state index contributed by atoms with van der Waals surface area (Å²) in [6.45, 7) is 7.07. The van der Waals surface area contributed by atoms with E-state index in [-0.39, 0.29) is 0 Å².